The summed E-state index contributed by atoms with van der Waals surface area (Å²) < 4.78 is 0. The summed E-state index contributed by atoms with van der Waals surface area (Å²) in [4.78, 5) is 12.1. The van der Waals surface area contributed by atoms with Crippen molar-refractivity contribution in [2.24, 2.45) is 5.92 Å². The summed E-state index contributed by atoms with van der Waals surface area (Å²) in [6.45, 7) is 2.84. The summed E-state index contributed by atoms with van der Waals surface area (Å²) in [5, 5.41) is 19.1. The summed E-state index contributed by atoms with van der Waals surface area (Å²) in [6.07, 6.45) is 7.92. The third-order valence-electron chi connectivity index (χ3n) is 4.54. The number of aromatic nitrogens is 2. The fourth-order valence-corrected chi connectivity index (χ4v) is 3.04. The van der Waals surface area contributed by atoms with Gasteiger partial charge in [-0.3, -0.25) is 9.89 Å². The SMILES string of the molecule is CCC(CCO)CNC(=O)c1cc(C2CCCCC2)[nH]n1. The smallest absolute Gasteiger partial charge is 0.271 e. The average Bonchev–Trinajstić information content (AvgIpc) is 3.02. The van der Waals surface area contributed by atoms with Gasteiger partial charge in [-0.05, 0) is 31.2 Å². The third-order valence-corrected chi connectivity index (χ3v) is 4.54. The van der Waals surface area contributed by atoms with Gasteiger partial charge in [0, 0.05) is 24.8 Å². The molecule has 0 bridgehead atoms. The van der Waals surface area contributed by atoms with E-state index >= 15 is 0 Å². The van der Waals surface area contributed by atoms with Gasteiger partial charge in [0.25, 0.3) is 5.91 Å². The maximum atomic E-state index is 12.1. The van der Waals surface area contributed by atoms with E-state index in [-0.39, 0.29) is 12.5 Å². The highest BCUT2D eigenvalue weighted by atomic mass is 16.3. The average molecular weight is 293 g/mol. The largest absolute Gasteiger partial charge is 0.396 e. The van der Waals surface area contributed by atoms with Crippen LogP contribution in [0.3, 0.4) is 0 Å². The van der Waals surface area contributed by atoms with Crippen LogP contribution in [-0.2, 0) is 0 Å². The lowest BCUT2D eigenvalue weighted by Gasteiger charge is -2.19. The summed E-state index contributed by atoms with van der Waals surface area (Å²) in [5.74, 6) is 0.742. The molecule has 0 aliphatic heterocycles. The number of aliphatic hydroxyl groups is 1. The Labute approximate surface area is 126 Å². The van der Waals surface area contributed by atoms with Crippen molar-refractivity contribution in [1.82, 2.24) is 15.5 Å². The number of hydrogen-bond acceptors (Lipinski definition) is 3. The molecule has 0 spiro atoms. The van der Waals surface area contributed by atoms with E-state index in [9.17, 15) is 4.79 Å². The van der Waals surface area contributed by atoms with E-state index in [2.05, 4.69) is 22.4 Å². The zero-order chi connectivity index (χ0) is 15.1. The van der Waals surface area contributed by atoms with Crippen molar-refractivity contribution in [1.29, 1.82) is 0 Å². The molecule has 0 radical (unpaired) electrons. The van der Waals surface area contributed by atoms with Crippen molar-refractivity contribution in [3.63, 3.8) is 0 Å². The number of hydrogen-bond donors (Lipinski definition) is 3. The molecule has 0 saturated heterocycles. The van der Waals surface area contributed by atoms with Crippen LogP contribution in [0.1, 0.15) is 74.0 Å². The molecule has 5 nitrogen and oxygen atoms in total. The Bertz CT molecular complexity index is 438. The van der Waals surface area contributed by atoms with Gasteiger partial charge in [0.05, 0.1) is 0 Å². The number of nitrogens with one attached hydrogen (secondary N) is 2. The minimum Gasteiger partial charge on any atom is -0.396 e. The van der Waals surface area contributed by atoms with Crippen LogP contribution in [0.2, 0.25) is 0 Å². The molecule has 1 unspecified atom stereocenters. The maximum absolute atomic E-state index is 12.1. The van der Waals surface area contributed by atoms with Gasteiger partial charge < -0.3 is 10.4 Å². The van der Waals surface area contributed by atoms with Crippen molar-refractivity contribution in [3.05, 3.63) is 17.5 Å². The zero-order valence-electron chi connectivity index (χ0n) is 12.9. The van der Waals surface area contributed by atoms with Crippen LogP contribution in [0, 0.1) is 5.92 Å². The standard InChI is InChI=1S/C16H27N3O2/c1-2-12(8-9-20)11-17-16(21)15-10-14(18-19-15)13-6-4-3-5-7-13/h10,12-13,20H,2-9,11H2,1H3,(H,17,21)(H,18,19). The summed E-state index contributed by atoms with van der Waals surface area (Å²) in [5.41, 5.74) is 1.58. The van der Waals surface area contributed by atoms with E-state index < -0.39 is 0 Å². The summed E-state index contributed by atoms with van der Waals surface area (Å²) in [6, 6.07) is 1.90. The van der Waals surface area contributed by atoms with Gasteiger partial charge in [0.1, 0.15) is 5.69 Å². The minimum absolute atomic E-state index is 0.121. The molecule has 0 aromatic carbocycles. The fourth-order valence-electron chi connectivity index (χ4n) is 3.04. The lowest BCUT2D eigenvalue weighted by atomic mass is 9.87. The first-order valence-corrected chi connectivity index (χ1v) is 8.19. The van der Waals surface area contributed by atoms with Crippen LogP contribution in [-0.4, -0.2) is 34.4 Å². The second kappa shape index (κ2) is 8.17. The maximum Gasteiger partial charge on any atom is 0.271 e. The second-order valence-electron chi connectivity index (χ2n) is 6.04. The Balaban J connectivity index is 1.86. The molecule has 1 aliphatic carbocycles. The van der Waals surface area contributed by atoms with Gasteiger partial charge in [-0.1, -0.05) is 32.6 Å². The first-order chi connectivity index (χ1) is 10.2. The Morgan fingerprint density at radius 2 is 2.24 bits per heavy atom. The van der Waals surface area contributed by atoms with Gasteiger partial charge in [-0.25, -0.2) is 0 Å². The first kappa shape index (κ1) is 16.0. The van der Waals surface area contributed by atoms with E-state index in [1.54, 1.807) is 0 Å². The van der Waals surface area contributed by atoms with E-state index in [0.717, 1.165) is 18.5 Å². The molecular formula is C16H27N3O2. The number of nitrogens with zero attached hydrogens (tertiary/aromatic N) is 1. The number of carbonyl (C=O) groups excluding carboxylic acids is 1. The zero-order valence-corrected chi connectivity index (χ0v) is 12.9. The first-order valence-electron chi connectivity index (χ1n) is 8.19. The van der Waals surface area contributed by atoms with Crippen LogP contribution in [0.5, 0.6) is 0 Å². The van der Waals surface area contributed by atoms with E-state index in [4.69, 9.17) is 5.11 Å². The van der Waals surface area contributed by atoms with E-state index in [0.29, 0.717) is 24.1 Å². The lowest BCUT2D eigenvalue weighted by molar-refractivity contribution is 0.0938. The molecule has 21 heavy (non-hydrogen) atoms. The van der Waals surface area contributed by atoms with Gasteiger partial charge in [-0.2, -0.15) is 5.10 Å². The topological polar surface area (TPSA) is 78.0 Å². The molecule has 118 valence electrons. The van der Waals surface area contributed by atoms with Gasteiger partial charge in [0.15, 0.2) is 0 Å². The number of aromatic amines is 1. The molecule has 3 N–H and O–H groups in total. The van der Waals surface area contributed by atoms with Crippen molar-refractivity contribution in [3.8, 4) is 0 Å². The summed E-state index contributed by atoms with van der Waals surface area (Å²) in [7, 11) is 0. The number of rotatable bonds is 7. The Morgan fingerprint density at radius 3 is 2.90 bits per heavy atom. The molecule has 1 heterocycles. The Kier molecular flexibility index (Phi) is 6.23. The van der Waals surface area contributed by atoms with Crippen LogP contribution in [0.4, 0.5) is 0 Å². The minimum atomic E-state index is -0.121. The highest BCUT2D eigenvalue weighted by Gasteiger charge is 2.19. The molecule has 1 aromatic heterocycles. The monoisotopic (exact) mass is 293 g/mol. The number of amides is 1. The molecule has 5 heteroatoms. The molecule has 1 aromatic rings. The van der Waals surface area contributed by atoms with Crippen LogP contribution in [0.25, 0.3) is 0 Å². The highest BCUT2D eigenvalue weighted by molar-refractivity contribution is 5.92. The molecular weight excluding hydrogens is 266 g/mol. The molecule has 1 amide bonds. The quantitative estimate of drug-likeness (QED) is 0.723. The van der Waals surface area contributed by atoms with Crippen LogP contribution < -0.4 is 5.32 Å². The highest BCUT2D eigenvalue weighted by Crippen LogP contribution is 2.31. The number of aliphatic hydroxyl groups excluding tert-OH is 1. The van der Waals surface area contributed by atoms with Gasteiger partial charge >= 0.3 is 0 Å². The molecule has 1 aliphatic rings. The van der Waals surface area contributed by atoms with Crippen LogP contribution in [0.15, 0.2) is 6.07 Å². The predicted octanol–water partition coefficient (Wildman–Crippen LogP) is 2.60. The van der Waals surface area contributed by atoms with Crippen LogP contribution >= 0.6 is 0 Å². The fraction of sp³-hybridized carbons (Fsp3) is 0.750. The van der Waals surface area contributed by atoms with E-state index in [1.807, 2.05) is 6.07 Å². The predicted molar refractivity (Wildman–Crippen MR) is 82.2 cm³/mol. The molecule has 2 rings (SSSR count). The van der Waals surface area contributed by atoms with Crippen molar-refractivity contribution >= 4 is 5.91 Å². The Hall–Kier alpha value is -1.36. The number of H-pyrrole nitrogens is 1. The lowest BCUT2D eigenvalue weighted by Crippen LogP contribution is -2.29. The van der Waals surface area contributed by atoms with Gasteiger partial charge in [0.2, 0.25) is 0 Å². The van der Waals surface area contributed by atoms with Crippen molar-refractivity contribution in [2.75, 3.05) is 13.2 Å². The molecule has 1 atom stereocenters. The number of carbonyl (C=O) groups is 1. The van der Waals surface area contributed by atoms with Crippen molar-refractivity contribution in [2.45, 2.75) is 57.8 Å². The molecule has 1 saturated carbocycles. The summed E-state index contributed by atoms with van der Waals surface area (Å²) >= 11 is 0. The molecule has 1 fully saturated rings. The second-order valence-corrected chi connectivity index (χ2v) is 6.04. The van der Waals surface area contributed by atoms with Gasteiger partial charge in [-0.15, -0.1) is 0 Å². The van der Waals surface area contributed by atoms with E-state index in [1.165, 1.54) is 32.1 Å². The Morgan fingerprint density at radius 1 is 1.48 bits per heavy atom. The van der Waals surface area contributed by atoms with Crippen molar-refractivity contribution < 1.29 is 9.90 Å². The third kappa shape index (κ3) is 4.56. The normalized spacial score (nSPS) is 17.6.